The standard InChI is InChI=1S/C39H48O13/c1-21-31(48-24(4)41)18-30-34(50-26(6)43)17-29(20-47-23(3)40)33(52-35(45)16-15-28-13-11-10-12-14-28)19-32(49-25(5)42)22(2)38(51-27(7)44)37(46)36(21)39(30,8)9/h10-17,30-34,37,46H,18-20H2,1-9H3/b16-15+,29-17+,38-22?/t30-,31-,32-,33-,34-,37+/m0/s1. The molecule has 3 rings (SSSR count). The van der Waals surface area contributed by atoms with E-state index in [1.54, 1.807) is 45.0 Å². The van der Waals surface area contributed by atoms with E-state index in [2.05, 4.69) is 0 Å². The molecule has 0 fully saturated rings. The summed E-state index contributed by atoms with van der Waals surface area (Å²) in [5, 5.41) is 12.2. The van der Waals surface area contributed by atoms with Crippen molar-refractivity contribution in [1.82, 2.24) is 0 Å². The molecule has 0 saturated heterocycles. The van der Waals surface area contributed by atoms with Crippen molar-refractivity contribution in [3.8, 4) is 0 Å². The van der Waals surface area contributed by atoms with Crippen molar-refractivity contribution in [2.45, 2.75) is 106 Å². The second-order valence-electron chi connectivity index (χ2n) is 13.4. The van der Waals surface area contributed by atoms with Gasteiger partial charge < -0.3 is 33.5 Å². The molecule has 2 bridgehead atoms. The lowest BCUT2D eigenvalue weighted by atomic mass is 9.60. The van der Waals surface area contributed by atoms with Gasteiger partial charge in [0.1, 0.15) is 42.9 Å². The Bertz CT molecular complexity index is 1660. The first-order chi connectivity index (χ1) is 24.3. The Labute approximate surface area is 303 Å². The summed E-state index contributed by atoms with van der Waals surface area (Å²) in [5.41, 5.74) is 0.719. The van der Waals surface area contributed by atoms with Crippen LogP contribution < -0.4 is 0 Å². The lowest BCUT2D eigenvalue weighted by Gasteiger charge is -2.48. The number of benzene rings is 1. The van der Waals surface area contributed by atoms with E-state index in [9.17, 15) is 33.9 Å². The minimum absolute atomic E-state index is 0.116. The average molecular weight is 725 g/mol. The molecule has 0 aliphatic heterocycles. The van der Waals surface area contributed by atoms with Gasteiger partial charge in [-0.25, -0.2) is 4.79 Å². The fraction of sp³-hybridized carbons (Fsp3) is 0.487. The topological polar surface area (TPSA) is 178 Å². The summed E-state index contributed by atoms with van der Waals surface area (Å²) in [4.78, 5) is 75.7. The molecule has 0 spiro atoms. The number of carbonyl (C=O) groups excluding carboxylic acids is 6. The molecule has 13 heteroatoms. The maximum Gasteiger partial charge on any atom is 0.331 e. The van der Waals surface area contributed by atoms with Gasteiger partial charge in [-0.2, -0.15) is 0 Å². The number of aliphatic hydroxyl groups is 1. The fourth-order valence-electron chi connectivity index (χ4n) is 6.79. The van der Waals surface area contributed by atoms with Gasteiger partial charge in [-0.3, -0.25) is 24.0 Å². The van der Waals surface area contributed by atoms with Gasteiger partial charge in [-0.1, -0.05) is 44.2 Å². The number of aliphatic hydroxyl groups excluding tert-OH is 1. The maximum atomic E-state index is 13.4. The van der Waals surface area contributed by atoms with Gasteiger partial charge in [0.2, 0.25) is 0 Å². The van der Waals surface area contributed by atoms with Crippen molar-refractivity contribution in [2.24, 2.45) is 11.3 Å². The molecule has 0 amide bonds. The Balaban J connectivity index is 2.43. The highest BCUT2D eigenvalue weighted by Gasteiger charge is 2.50. The van der Waals surface area contributed by atoms with Gasteiger partial charge in [-0.15, -0.1) is 0 Å². The SMILES string of the molecule is CC(=O)OC/C1=C\[C@H](OC(C)=O)[C@@H]2C[C@H](OC(C)=O)C(C)=C([C@@H](O)C(OC(C)=O)=C(C)[C@@H](OC(C)=O)C[C@@H]1OC(=O)/C=C/c1ccccc1)C2(C)C. The van der Waals surface area contributed by atoms with Crippen LogP contribution in [0, 0.1) is 11.3 Å². The fourth-order valence-corrected chi connectivity index (χ4v) is 6.79. The van der Waals surface area contributed by atoms with Crippen molar-refractivity contribution in [1.29, 1.82) is 0 Å². The minimum atomic E-state index is -1.64. The minimum Gasteiger partial charge on any atom is -0.461 e. The first kappa shape index (κ1) is 41.4. The Morgan fingerprint density at radius 1 is 0.750 bits per heavy atom. The van der Waals surface area contributed by atoms with E-state index in [4.69, 9.17) is 28.4 Å². The summed E-state index contributed by atoms with van der Waals surface area (Å²) < 4.78 is 34.4. The molecule has 0 aromatic heterocycles. The molecule has 52 heavy (non-hydrogen) atoms. The average Bonchev–Trinajstić information content (AvgIpc) is 3.03. The van der Waals surface area contributed by atoms with Crippen molar-refractivity contribution >= 4 is 41.9 Å². The van der Waals surface area contributed by atoms with Crippen LogP contribution in [0.5, 0.6) is 0 Å². The number of fused-ring (bicyclic) bond motifs is 2. The molecule has 0 heterocycles. The third-order valence-electron chi connectivity index (χ3n) is 9.09. The highest BCUT2D eigenvalue weighted by Crippen LogP contribution is 2.51. The molecule has 1 aromatic rings. The van der Waals surface area contributed by atoms with Crippen molar-refractivity contribution in [3.05, 3.63) is 76.1 Å². The summed E-state index contributed by atoms with van der Waals surface area (Å²) >= 11 is 0. The number of hydrogen-bond donors (Lipinski definition) is 1. The lowest BCUT2D eigenvalue weighted by Crippen LogP contribution is -2.48. The van der Waals surface area contributed by atoms with Crippen LogP contribution in [0.3, 0.4) is 0 Å². The molecule has 2 aliphatic carbocycles. The Morgan fingerprint density at radius 2 is 1.33 bits per heavy atom. The molecule has 282 valence electrons. The monoisotopic (exact) mass is 724 g/mol. The number of esters is 6. The van der Waals surface area contributed by atoms with Gasteiger partial charge in [0.25, 0.3) is 0 Å². The predicted molar refractivity (Wildman–Crippen MR) is 186 cm³/mol. The summed E-state index contributed by atoms with van der Waals surface area (Å²) in [6.07, 6.45) is -2.19. The Morgan fingerprint density at radius 3 is 1.87 bits per heavy atom. The third kappa shape index (κ3) is 11.0. The van der Waals surface area contributed by atoms with E-state index in [0.717, 1.165) is 13.8 Å². The van der Waals surface area contributed by atoms with Crippen LogP contribution >= 0.6 is 0 Å². The summed E-state index contributed by atoms with van der Waals surface area (Å²) in [6.45, 7) is 12.3. The van der Waals surface area contributed by atoms with Crippen LogP contribution in [-0.2, 0) is 57.2 Å². The lowest BCUT2D eigenvalue weighted by molar-refractivity contribution is -0.154. The van der Waals surface area contributed by atoms with Crippen LogP contribution in [0.4, 0.5) is 0 Å². The normalized spacial score (nSPS) is 25.8. The van der Waals surface area contributed by atoms with E-state index >= 15 is 0 Å². The van der Waals surface area contributed by atoms with E-state index in [1.807, 2.05) is 6.07 Å². The molecule has 6 atom stereocenters. The largest absolute Gasteiger partial charge is 0.461 e. The third-order valence-corrected chi connectivity index (χ3v) is 9.09. The first-order valence-electron chi connectivity index (χ1n) is 16.9. The highest BCUT2D eigenvalue weighted by atomic mass is 16.6. The predicted octanol–water partition coefficient (Wildman–Crippen LogP) is 4.86. The van der Waals surface area contributed by atoms with Crippen molar-refractivity contribution in [2.75, 3.05) is 6.61 Å². The zero-order chi connectivity index (χ0) is 38.9. The summed E-state index contributed by atoms with van der Waals surface area (Å²) in [5.74, 6) is -5.26. The molecule has 1 aromatic carbocycles. The Hall–Kier alpha value is -5.04. The molecule has 1 N–H and O–H groups in total. The van der Waals surface area contributed by atoms with E-state index in [-0.39, 0.29) is 29.7 Å². The van der Waals surface area contributed by atoms with Gasteiger partial charge in [0, 0.05) is 64.2 Å². The smallest absolute Gasteiger partial charge is 0.331 e. The highest BCUT2D eigenvalue weighted by molar-refractivity contribution is 5.87. The number of ether oxygens (including phenoxy) is 6. The van der Waals surface area contributed by atoms with Gasteiger partial charge in [0.15, 0.2) is 0 Å². The maximum absolute atomic E-state index is 13.4. The first-order valence-corrected chi connectivity index (χ1v) is 16.9. The van der Waals surface area contributed by atoms with Gasteiger partial charge in [0.05, 0.1) is 0 Å². The van der Waals surface area contributed by atoms with Crippen LogP contribution in [-0.4, -0.2) is 78.0 Å². The molecule has 0 radical (unpaired) electrons. The molecule has 0 unspecified atom stereocenters. The zero-order valence-electron chi connectivity index (χ0n) is 31.1. The molecular weight excluding hydrogens is 676 g/mol. The van der Waals surface area contributed by atoms with Gasteiger partial charge in [-0.05, 0) is 54.5 Å². The van der Waals surface area contributed by atoms with Crippen molar-refractivity contribution < 1.29 is 62.3 Å². The zero-order valence-corrected chi connectivity index (χ0v) is 31.1. The number of rotatable bonds is 9. The number of carbonyl (C=O) groups is 6. The van der Waals surface area contributed by atoms with Crippen molar-refractivity contribution in [3.63, 3.8) is 0 Å². The number of hydrogen-bond acceptors (Lipinski definition) is 13. The Kier molecular flexibility index (Phi) is 14.3. The molecule has 0 saturated carbocycles. The summed E-state index contributed by atoms with van der Waals surface area (Å²) in [7, 11) is 0. The summed E-state index contributed by atoms with van der Waals surface area (Å²) in [6, 6.07) is 8.97. The van der Waals surface area contributed by atoms with Crippen LogP contribution in [0.25, 0.3) is 6.08 Å². The second-order valence-corrected chi connectivity index (χ2v) is 13.4. The molecule has 2 aliphatic rings. The van der Waals surface area contributed by atoms with E-state index in [0.29, 0.717) is 16.7 Å². The van der Waals surface area contributed by atoms with Gasteiger partial charge >= 0.3 is 35.8 Å². The van der Waals surface area contributed by atoms with Crippen LogP contribution in [0.2, 0.25) is 0 Å². The van der Waals surface area contributed by atoms with E-state index in [1.165, 1.54) is 45.9 Å². The quantitative estimate of drug-likeness (QED) is 0.158. The van der Waals surface area contributed by atoms with E-state index < -0.39 is 84.3 Å². The molecular formula is C39H48O13. The van der Waals surface area contributed by atoms with Crippen LogP contribution in [0.1, 0.15) is 80.7 Å². The van der Waals surface area contributed by atoms with Crippen LogP contribution in [0.15, 0.2) is 70.5 Å². The molecule has 13 nitrogen and oxygen atoms in total. The second kappa shape index (κ2) is 17.9.